The largest absolute Gasteiger partial charge is 0.354 e. The van der Waals surface area contributed by atoms with E-state index in [1.807, 2.05) is 19.9 Å². The van der Waals surface area contributed by atoms with Gasteiger partial charge < -0.3 is 11.1 Å². The van der Waals surface area contributed by atoms with E-state index in [1.165, 1.54) is 0 Å². The van der Waals surface area contributed by atoms with E-state index in [0.29, 0.717) is 29.4 Å². The molecule has 1 rings (SSSR count). The van der Waals surface area contributed by atoms with Crippen LogP contribution in [0.3, 0.4) is 0 Å². The van der Waals surface area contributed by atoms with E-state index in [0.717, 1.165) is 18.4 Å². The number of hydrogen-bond donors (Lipinski definition) is 2. The molecule has 0 radical (unpaired) electrons. The van der Waals surface area contributed by atoms with Crippen molar-refractivity contribution in [1.82, 2.24) is 5.32 Å². The van der Waals surface area contributed by atoms with E-state index in [1.54, 1.807) is 12.1 Å². The van der Waals surface area contributed by atoms with E-state index in [4.69, 9.17) is 28.9 Å². The number of aryl methyl sites for hydroxylation is 1. The average molecular weight is 317 g/mol. The van der Waals surface area contributed by atoms with Gasteiger partial charge in [-0.2, -0.15) is 0 Å². The Hall–Kier alpha value is -0.770. The summed E-state index contributed by atoms with van der Waals surface area (Å²) in [4.78, 5) is 11.8. The number of nitrogens with one attached hydrogen (secondary N) is 1. The minimum Gasteiger partial charge on any atom is -0.354 e. The van der Waals surface area contributed by atoms with Crippen molar-refractivity contribution in [2.75, 3.05) is 6.54 Å². The number of halogens is 2. The lowest BCUT2D eigenvalue weighted by molar-refractivity contribution is -0.121. The average Bonchev–Trinajstić information content (AvgIpc) is 2.44. The highest BCUT2D eigenvalue weighted by atomic mass is 35.5. The van der Waals surface area contributed by atoms with Crippen LogP contribution in [0.2, 0.25) is 10.0 Å². The third-order valence-electron chi connectivity index (χ3n) is 3.68. The molecule has 1 amide bonds. The lowest BCUT2D eigenvalue weighted by Gasteiger charge is -2.26. The summed E-state index contributed by atoms with van der Waals surface area (Å²) in [7, 11) is 0. The Morgan fingerprint density at radius 2 is 1.95 bits per heavy atom. The fourth-order valence-corrected chi connectivity index (χ4v) is 2.34. The van der Waals surface area contributed by atoms with Crippen molar-refractivity contribution in [2.24, 2.45) is 5.73 Å². The number of benzene rings is 1. The van der Waals surface area contributed by atoms with E-state index < -0.39 is 0 Å². The zero-order valence-corrected chi connectivity index (χ0v) is 13.5. The first kappa shape index (κ1) is 17.3. The maximum Gasteiger partial charge on any atom is 0.220 e. The number of hydrogen-bond acceptors (Lipinski definition) is 2. The van der Waals surface area contributed by atoms with Crippen LogP contribution in [0, 0.1) is 0 Å². The van der Waals surface area contributed by atoms with E-state index >= 15 is 0 Å². The quantitative estimate of drug-likeness (QED) is 0.808. The minimum absolute atomic E-state index is 0.00672. The van der Waals surface area contributed by atoms with Crippen LogP contribution in [0.4, 0.5) is 0 Å². The molecule has 0 saturated carbocycles. The first-order valence-corrected chi connectivity index (χ1v) is 7.65. The van der Waals surface area contributed by atoms with Crippen molar-refractivity contribution in [3.8, 4) is 0 Å². The molecule has 1 aromatic carbocycles. The van der Waals surface area contributed by atoms with Gasteiger partial charge in [0.25, 0.3) is 0 Å². The molecule has 0 unspecified atom stereocenters. The van der Waals surface area contributed by atoms with Gasteiger partial charge in [0.15, 0.2) is 0 Å². The lowest BCUT2D eigenvalue weighted by atomic mass is 9.94. The van der Waals surface area contributed by atoms with Crippen LogP contribution in [0.15, 0.2) is 18.2 Å². The van der Waals surface area contributed by atoms with Crippen LogP contribution in [-0.4, -0.2) is 18.0 Å². The molecule has 20 heavy (non-hydrogen) atoms. The van der Waals surface area contributed by atoms with Crippen LogP contribution in [-0.2, 0) is 11.2 Å². The molecular weight excluding hydrogens is 295 g/mol. The first-order valence-electron chi connectivity index (χ1n) is 6.89. The fourth-order valence-electron chi connectivity index (χ4n) is 1.84. The van der Waals surface area contributed by atoms with Crippen LogP contribution in [0.1, 0.15) is 38.7 Å². The highest BCUT2D eigenvalue weighted by Crippen LogP contribution is 2.22. The molecular formula is C15H22Cl2N2O. The second kappa shape index (κ2) is 7.87. The van der Waals surface area contributed by atoms with Gasteiger partial charge in [0.2, 0.25) is 5.91 Å². The molecule has 0 heterocycles. The Morgan fingerprint density at radius 3 is 2.50 bits per heavy atom. The van der Waals surface area contributed by atoms with Gasteiger partial charge in [-0.05, 0) is 37.0 Å². The molecule has 3 N–H and O–H groups in total. The van der Waals surface area contributed by atoms with E-state index in [2.05, 4.69) is 5.32 Å². The molecule has 0 bridgehead atoms. The summed E-state index contributed by atoms with van der Waals surface area (Å²) in [5.41, 5.74) is 6.76. The van der Waals surface area contributed by atoms with Gasteiger partial charge in [0.05, 0.1) is 0 Å². The molecule has 0 fully saturated rings. The summed E-state index contributed by atoms with van der Waals surface area (Å²) >= 11 is 11.9. The summed E-state index contributed by atoms with van der Waals surface area (Å²) in [6, 6.07) is 5.32. The zero-order chi connectivity index (χ0) is 15.2. The number of carbonyl (C=O) groups is 1. The van der Waals surface area contributed by atoms with E-state index in [9.17, 15) is 4.79 Å². The van der Waals surface area contributed by atoms with Crippen molar-refractivity contribution >= 4 is 29.1 Å². The summed E-state index contributed by atoms with van der Waals surface area (Å²) in [6.07, 6.45) is 2.67. The smallest absolute Gasteiger partial charge is 0.220 e. The lowest BCUT2D eigenvalue weighted by Crippen LogP contribution is -2.49. The van der Waals surface area contributed by atoms with Gasteiger partial charge in [0.1, 0.15) is 0 Å². The normalized spacial score (nSPS) is 11.4. The Bertz CT molecular complexity index is 459. The number of nitrogens with two attached hydrogens (primary N) is 1. The van der Waals surface area contributed by atoms with Gasteiger partial charge in [-0.3, -0.25) is 4.79 Å². The Kier molecular flexibility index (Phi) is 6.80. The van der Waals surface area contributed by atoms with Gasteiger partial charge >= 0.3 is 0 Å². The molecule has 0 atom stereocenters. The van der Waals surface area contributed by atoms with E-state index in [-0.39, 0.29) is 11.4 Å². The van der Waals surface area contributed by atoms with Gasteiger partial charge in [-0.1, -0.05) is 43.1 Å². The number of carbonyl (C=O) groups excluding carboxylic acids is 1. The van der Waals surface area contributed by atoms with Gasteiger partial charge in [-0.15, -0.1) is 0 Å². The topological polar surface area (TPSA) is 55.1 Å². The van der Waals surface area contributed by atoms with Gasteiger partial charge in [-0.25, -0.2) is 0 Å². The minimum atomic E-state index is -0.312. The van der Waals surface area contributed by atoms with Crippen LogP contribution < -0.4 is 11.1 Å². The van der Waals surface area contributed by atoms with Crippen molar-refractivity contribution in [2.45, 2.75) is 45.1 Å². The SMILES string of the molecule is CCC(N)(CC)CNC(=O)CCc1ccc(Cl)cc1Cl. The standard InChI is InChI=1S/C15H22Cl2N2O/c1-3-15(18,4-2)10-19-14(20)8-6-11-5-7-12(16)9-13(11)17/h5,7,9H,3-4,6,8,10,18H2,1-2H3,(H,19,20). The highest BCUT2D eigenvalue weighted by Gasteiger charge is 2.20. The summed E-state index contributed by atoms with van der Waals surface area (Å²) in [6.45, 7) is 4.57. The molecule has 5 heteroatoms. The third kappa shape index (κ3) is 5.31. The van der Waals surface area contributed by atoms with Crippen LogP contribution in [0.25, 0.3) is 0 Å². The summed E-state index contributed by atoms with van der Waals surface area (Å²) < 4.78 is 0. The van der Waals surface area contributed by atoms with Crippen molar-refractivity contribution in [3.63, 3.8) is 0 Å². The molecule has 0 spiro atoms. The molecule has 1 aromatic rings. The van der Waals surface area contributed by atoms with Crippen molar-refractivity contribution in [1.29, 1.82) is 0 Å². The maximum absolute atomic E-state index is 11.8. The number of rotatable bonds is 7. The molecule has 0 aliphatic carbocycles. The maximum atomic E-state index is 11.8. The zero-order valence-electron chi connectivity index (χ0n) is 12.0. The second-order valence-corrected chi connectivity index (χ2v) is 5.93. The molecule has 0 aliphatic rings. The predicted molar refractivity (Wildman–Crippen MR) is 85.3 cm³/mol. The number of amides is 1. The van der Waals surface area contributed by atoms with Gasteiger partial charge in [0, 0.05) is 28.5 Å². The molecule has 0 aliphatic heterocycles. The Morgan fingerprint density at radius 1 is 1.30 bits per heavy atom. The van der Waals surface area contributed by atoms with Crippen LogP contribution >= 0.6 is 23.2 Å². The Balaban J connectivity index is 2.44. The molecule has 112 valence electrons. The Labute approximate surface area is 130 Å². The molecule has 0 aromatic heterocycles. The molecule has 0 saturated heterocycles. The second-order valence-electron chi connectivity index (χ2n) is 5.08. The predicted octanol–water partition coefficient (Wildman–Crippen LogP) is 3.56. The summed E-state index contributed by atoms with van der Waals surface area (Å²) in [5, 5.41) is 4.09. The van der Waals surface area contributed by atoms with Crippen molar-refractivity contribution in [3.05, 3.63) is 33.8 Å². The van der Waals surface area contributed by atoms with Crippen molar-refractivity contribution < 1.29 is 4.79 Å². The molecule has 3 nitrogen and oxygen atoms in total. The summed E-state index contributed by atoms with van der Waals surface area (Å²) in [5.74, 6) is -0.00672. The monoisotopic (exact) mass is 316 g/mol. The van der Waals surface area contributed by atoms with Crippen LogP contribution in [0.5, 0.6) is 0 Å². The first-order chi connectivity index (χ1) is 9.40. The highest BCUT2D eigenvalue weighted by molar-refractivity contribution is 6.35. The fraction of sp³-hybridized carbons (Fsp3) is 0.533. The third-order valence-corrected chi connectivity index (χ3v) is 4.27.